The summed E-state index contributed by atoms with van der Waals surface area (Å²) in [6.45, 7) is 9.71. The molecule has 2 N–H and O–H groups in total. The normalized spacial score (nSPS) is 21.3. The molecule has 2 aliphatic heterocycles. The van der Waals surface area contributed by atoms with Crippen LogP contribution in [0, 0.1) is 11.3 Å². The van der Waals surface area contributed by atoms with Crippen molar-refractivity contribution >= 4 is 33.9 Å². The number of anilines is 3. The maximum absolute atomic E-state index is 12.9. The number of ether oxygens (including phenoxy) is 1. The summed E-state index contributed by atoms with van der Waals surface area (Å²) in [4.78, 5) is 32.9. The lowest BCUT2D eigenvalue weighted by Gasteiger charge is -2.41. The van der Waals surface area contributed by atoms with Gasteiger partial charge in [-0.3, -0.25) is 0 Å². The van der Waals surface area contributed by atoms with Crippen molar-refractivity contribution in [1.82, 2.24) is 24.9 Å². The number of hydrogen-bond donors (Lipinski definition) is 1. The Hall–Kier alpha value is -4.67. The molecule has 49 heavy (non-hydrogen) atoms. The van der Waals surface area contributed by atoms with E-state index in [-0.39, 0.29) is 12.7 Å². The van der Waals surface area contributed by atoms with Crippen LogP contribution in [-0.4, -0.2) is 89.9 Å². The van der Waals surface area contributed by atoms with Crippen LogP contribution in [-0.2, 0) is 23.2 Å². The molecule has 0 radical (unpaired) electrons. The van der Waals surface area contributed by atoms with Crippen molar-refractivity contribution < 1.29 is 14.1 Å². The number of aryl methyl sites for hydroxylation is 1. The lowest BCUT2D eigenvalue weighted by molar-refractivity contribution is 0.0942. The standard InChI is InChI=1S/C36H43N9O3S/c1-4-25-22-42(3)13-18-45(25)30-20-26(43-14-16-44(17-15-43)35(46)47-23-24-9-6-5-7-10-24)19-28(39-30)33-40-34(48-41-33)36(2)12-8-11-29-31(36)27(21-37)32(38)49-29/h5-7,9-10,19-20,25H,4,8,11-18,22-23,38H2,1-3H3/t25-,36?/m0/s1. The molecule has 7 rings (SSSR count). The van der Waals surface area contributed by atoms with E-state index in [2.05, 4.69) is 52.9 Å². The highest BCUT2D eigenvalue weighted by Gasteiger charge is 2.43. The number of carbonyl (C=O) groups excluding carboxylic acids is 1. The zero-order chi connectivity index (χ0) is 34.1. The van der Waals surface area contributed by atoms with Gasteiger partial charge >= 0.3 is 6.09 Å². The van der Waals surface area contributed by atoms with Gasteiger partial charge in [0.15, 0.2) is 0 Å². The first kappa shape index (κ1) is 32.9. The van der Waals surface area contributed by atoms with Crippen LogP contribution in [0.15, 0.2) is 47.0 Å². The number of pyridine rings is 1. The second-order valence-corrected chi connectivity index (χ2v) is 14.6. The quantitative estimate of drug-likeness (QED) is 0.273. The second-order valence-electron chi connectivity index (χ2n) is 13.5. The molecule has 2 fully saturated rings. The van der Waals surface area contributed by atoms with Crippen LogP contribution < -0.4 is 15.5 Å². The number of hydrogen-bond acceptors (Lipinski definition) is 12. The Labute approximate surface area is 291 Å². The molecule has 1 unspecified atom stereocenters. The molecule has 0 saturated carbocycles. The average molecular weight is 682 g/mol. The zero-order valence-electron chi connectivity index (χ0n) is 28.4. The number of thiophene rings is 1. The first-order valence-corrected chi connectivity index (χ1v) is 17.9. The van der Waals surface area contributed by atoms with Gasteiger partial charge in [0.2, 0.25) is 11.7 Å². The molecule has 4 aromatic rings. The number of amides is 1. The van der Waals surface area contributed by atoms with Gasteiger partial charge in [-0.1, -0.05) is 42.4 Å². The predicted molar refractivity (Wildman–Crippen MR) is 190 cm³/mol. The monoisotopic (exact) mass is 681 g/mol. The fraction of sp³-hybridized carbons (Fsp3) is 0.472. The first-order valence-electron chi connectivity index (χ1n) is 17.1. The molecule has 12 nitrogen and oxygen atoms in total. The van der Waals surface area contributed by atoms with E-state index in [0.717, 1.165) is 72.8 Å². The fourth-order valence-corrected chi connectivity index (χ4v) is 8.62. The number of nitrogen functional groups attached to an aromatic ring is 1. The molecular weight excluding hydrogens is 639 g/mol. The Balaban J connectivity index is 1.17. The van der Waals surface area contributed by atoms with E-state index in [1.165, 1.54) is 11.3 Å². The molecule has 1 aromatic carbocycles. The van der Waals surface area contributed by atoms with Crippen molar-refractivity contribution in [2.75, 3.05) is 68.4 Å². The third-order valence-corrected chi connectivity index (χ3v) is 11.3. The van der Waals surface area contributed by atoms with Crippen LogP contribution in [0.5, 0.6) is 0 Å². The van der Waals surface area contributed by atoms with Crippen LogP contribution in [0.3, 0.4) is 0 Å². The highest BCUT2D eigenvalue weighted by Crippen LogP contribution is 2.48. The second kappa shape index (κ2) is 13.7. The molecule has 2 saturated heterocycles. The van der Waals surface area contributed by atoms with E-state index >= 15 is 0 Å². The van der Waals surface area contributed by atoms with Crippen LogP contribution in [0.2, 0.25) is 0 Å². The van der Waals surface area contributed by atoms with Crippen molar-refractivity contribution in [3.8, 4) is 17.6 Å². The predicted octanol–water partition coefficient (Wildman–Crippen LogP) is 5.28. The number of carbonyl (C=O) groups is 1. The Morgan fingerprint density at radius 1 is 1.14 bits per heavy atom. The van der Waals surface area contributed by atoms with Gasteiger partial charge in [0.25, 0.3) is 0 Å². The molecule has 3 aliphatic rings. The van der Waals surface area contributed by atoms with E-state index < -0.39 is 5.41 Å². The molecule has 256 valence electrons. The van der Waals surface area contributed by atoms with E-state index in [9.17, 15) is 10.1 Å². The lowest BCUT2D eigenvalue weighted by atomic mass is 9.72. The molecular formula is C36H43N9O3S. The van der Waals surface area contributed by atoms with Crippen LogP contribution in [0.1, 0.15) is 60.6 Å². The minimum atomic E-state index is -0.616. The summed E-state index contributed by atoms with van der Waals surface area (Å²) in [5, 5.41) is 15.0. The SMILES string of the molecule is CC[C@H]1CN(C)CCN1c1cc(N2CCN(C(=O)OCc3ccccc3)CC2)cc(-c2noc(C3(C)CCCc4sc(N)c(C#N)c43)n2)n1. The number of nitriles is 1. The Kier molecular flexibility index (Phi) is 9.17. The maximum Gasteiger partial charge on any atom is 0.410 e. The smallest absolute Gasteiger partial charge is 0.410 e. The number of nitrogens with two attached hydrogens (primary N) is 1. The fourth-order valence-electron chi connectivity index (χ4n) is 7.43. The van der Waals surface area contributed by atoms with Gasteiger partial charge in [0.1, 0.15) is 29.2 Å². The van der Waals surface area contributed by atoms with Gasteiger partial charge < -0.3 is 34.6 Å². The van der Waals surface area contributed by atoms with Crippen LogP contribution in [0.4, 0.5) is 21.3 Å². The minimum Gasteiger partial charge on any atom is -0.445 e. The van der Waals surface area contributed by atoms with E-state index in [1.807, 2.05) is 36.4 Å². The summed E-state index contributed by atoms with van der Waals surface area (Å²) < 4.78 is 11.6. The van der Waals surface area contributed by atoms with Crippen LogP contribution >= 0.6 is 11.3 Å². The highest BCUT2D eigenvalue weighted by atomic mass is 32.1. The molecule has 0 bridgehead atoms. The summed E-state index contributed by atoms with van der Waals surface area (Å²) in [6.07, 6.45) is 3.30. The molecule has 13 heteroatoms. The molecule has 0 spiro atoms. The van der Waals surface area contributed by atoms with Gasteiger partial charge in [-0.15, -0.1) is 11.3 Å². The summed E-state index contributed by atoms with van der Waals surface area (Å²) in [7, 11) is 2.16. The third kappa shape index (κ3) is 6.43. The van der Waals surface area contributed by atoms with E-state index in [1.54, 1.807) is 4.90 Å². The van der Waals surface area contributed by atoms with Gasteiger partial charge in [-0.25, -0.2) is 9.78 Å². The van der Waals surface area contributed by atoms with E-state index in [0.29, 0.717) is 60.2 Å². The summed E-state index contributed by atoms with van der Waals surface area (Å²) in [5.41, 5.74) is 9.70. The maximum atomic E-state index is 12.9. The number of aromatic nitrogens is 3. The third-order valence-electron chi connectivity index (χ3n) is 10.2. The van der Waals surface area contributed by atoms with Crippen LogP contribution in [0.25, 0.3) is 11.5 Å². The number of fused-ring (bicyclic) bond motifs is 1. The van der Waals surface area contributed by atoms with Gasteiger partial charge in [-0.05, 0) is 51.3 Å². The van der Waals surface area contributed by atoms with Crippen molar-refractivity contribution in [2.24, 2.45) is 0 Å². The number of benzene rings is 1. The Bertz CT molecular complexity index is 1850. The molecule has 3 aromatic heterocycles. The van der Waals surface area contributed by atoms with Crippen molar-refractivity contribution in [2.45, 2.75) is 57.6 Å². The Morgan fingerprint density at radius 2 is 1.94 bits per heavy atom. The van der Waals surface area contributed by atoms with Gasteiger partial charge in [0.05, 0.1) is 11.0 Å². The number of piperazine rings is 2. The largest absolute Gasteiger partial charge is 0.445 e. The van der Waals surface area contributed by atoms with E-state index in [4.69, 9.17) is 25.0 Å². The summed E-state index contributed by atoms with van der Waals surface area (Å²) in [5.74, 6) is 1.77. The van der Waals surface area contributed by atoms with Gasteiger partial charge in [0, 0.05) is 74.0 Å². The molecule has 1 amide bonds. The highest BCUT2D eigenvalue weighted by molar-refractivity contribution is 7.16. The lowest BCUT2D eigenvalue weighted by Crippen LogP contribution is -2.52. The topological polar surface area (TPSA) is 141 Å². The zero-order valence-corrected chi connectivity index (χ0v) is 29.2. The number of nitrogens with zero attached hydrogens (tertiary/aromatic N) is 8. The van der Waals surface area contributed by atoms with Crippen molar-refractivity contribution in [1.29, 1.82) is 5.26 Å². The number of likely N-dealkylation sites (N-methyl/N-ethyl adjacent to an activating group) is 1. The first-order chi connectivity index (χ1) is 23.8. The number of rotatable bonds is 7. The average Bonchev–Trinajstić information content (AvgIpc) is 3.77. The van der Waals surface area contributed by atoms with Crippen molar-refractivity contribution in [3.63, 3.8) is 0 Å². The minimum absolute atomic E-state index is 0.255. The molecule has 1 aliphatic carbocycles. The van der Waals surface area contributed by atoms with Crippen molar-refractivity contribution in [3.05, 3.63) is 69.9 Å². The van der Waals surface area contributed by atoms with Gasteiger partial charge in [-0.2, -0.15) is 10.2 Å². The summed E-state index contributed by atoms with van der Waals surface area (Å²) in [6, 6.07) is 16.6. The summed E-state index contributed by atoms with van der Waals surface area (Å²) >= 11 is 1.49. The molecule has 2 atom stereocenters. The molecule has 5 heterocycles. The Morgan fingerprint density at radius 3 is 2.69 bits per heavy atom.